The molecule has 0 saturated heterocycles. The third-order valence-electron chi connectivity index (χ3n) is 4.23. The average molecular weight is 381 g/mol. The number of imidazole rings is 1. The molecule has 0 saturated carbocycles. The van der Waals surface area contributed by atoms with Crippen LogP contribution in [-0.4, -0.2) is 39.1 Å². The smallest absolute Gasteiger partial charge is 0.306 e. The van der Waals surface area contributed by atoms with E-state index in [9.17, 15) is 4.39 Å². The maximum atomic E-state index is 13.3. The number of rotatable bonds is 8. The fourth-order valence-electron chi connectivity index (χ4n) is 2.93. The van der Waals surface area contributed by atoms with E-state index in [2.05, 4.69) is 20.3 Å². The molecule has 4 rings (SSSR count). The summed E-state index contributed by atoms with van der Waals surface area (Å²) >= 11 is 0. The second-order valence-corrected chi connectivity index (χ2v) is 6.11. The molecule has 0 amide bonds. The second-order valence-electron chi connectivity index (χ2n) is 6.11. The Balaban J connectivity index is 1.67. The van der Waals surface area contributed by atoms with Crippen molar-refractivity contribution >= 4 is 11.8 Å². The Morgan fingerprint density at radius 1 is 1.18 bits per heavy atom. The van der Waals surface area contributed by atoms with Crippen molar-refractivity contribution in [3.8, 4) is 22.6 Å². The first kappa shape index (κ1) is 18.1. The van der Waals surface area contributed by atoms with Crippen LogP contribution >= 0.6 is 0 Å². The Bertz CT molecular complexity index is 1060. The fraction of sp³-hybridized carbons (Fsp3) is 0.250. The van der Waals surface area contributed by atoms with Gasteiger partial charge >= 0.3 is 5.84 Å². The lowest BCUT2D eigenvalue weighted by atomic mass is 10.1. The Morgan fingerprint density at radius 2 is 2.04 bits per heavy atom. The number of nitrogens with one attached hydrogen (secondary N) is 1. The molecule has 0 aliphatic carbocycles. The zero-order chi connectivity index (χ0) is 19.3. The highest BCUT2D eigenvalue weighted by atomic mass is 19.1. The fourth-order valence-corrected chi connectivity index (χ4v) is 2.93. The molecule has 7 nitrogen and oxygen atoms in total. The van der Waals surface area contributed by atoms with Gasteiger partial charge in [-0.1, -0.05) is 0 Å². The second kappa shape index (κ2) is 8.18. The van der Waals surface area contributed by atoms with E-state index >= 15 is 0 Å². The van der Waals surface area contributed by atoms with Gasteiger partial charge in [-0.2, -0.15) is 4.98 Å². The van der Waals surface area contributed by atoms with E-state index in [0.29, 0.717) is 42.9 Å². The molecule has 3 aromatic heterocycles. The summed E-state index contributed by atoms with van der Waals surface area (Å²) in [4.78, 5) is 13.5. The minimum absolute atomic E-state index is 0.297. The van der Waals surface area contributed by atoms with E-state index in [1.165, 1.54) is 12.1 Å². The summed E-state index contributed by atoms with van der Waals surface area (Å²) in [7, 11) is 0. The van der Waals surface area contributed by atoms with Crippen molar-refractivity contribution in [2.45, 2.75) is 13.3 Å². The van der Waals surface area contributed by atoms with E-state index in [-0.39, 0.29) is 5.82 Å². The predicted molar refractivity (Wildman–Crippen MR) is 103 cm³/mol. The number of ether oxygens (including phenoxy) is 1. The standard InChI is InChI=1S/C20H20FN5O2/c1-2-27-12-3-9-22-19-23-10-8-16(24-19)18-17(14-4-6-15(21)7-5-14)25-20-26(18)11-13-28-20/h4-8,10-11,13H,2-3,9,12H2,1H3,(H,22,23,24). The Kier molecular flexibility index (Phi) is 5.29. The molecule has 3 heterocycles. The van der Waals surface area contributed by atoms with Gasteiger partial charge in [0.1, 0.15) is 23.5 Å². The molecule has 1 aromatic carbocycles. The normalized spacial score (nSPS) is 11.2. The molecule has 0 radical (unpaired) electrons. The summed E-state index contributed by atoms with van der Waals surface area (Å²) in [5, 5.41) is 3.21. The van der Waals surface area contributed by atoms with Crippen LogP contribution in [0.4, 0.5) is 10.3 Å². The minimum Gasteiger partial charge on any atom is -0.432 e. The summed E-state index contributed by atoms with van der Waals surface area (Å²) in [6, 6.07) is 8.01. The number of oxazole rings is 1. The van der Waals surface area contributed by atoms with Gasteiger partial charge in [0.15, 0.2) is 0 Å². The van der Waals surface area contributed by atoms with Crippen LogP contribution in [0.3, 0.4) is 0 Å². The number of fused-ring (bicyclic) bond motifs is 1. The number of aromatic nitrogens is 4. The molecule has 0 unspecified atom stereocenters. The summed E-state index contributed by atoms with van der Waals surface area (Å²) < 4.78 is 25.9. The number of benzene rings is 1. The maximum absolute atomic E-state index is 13.3. The molecule has 8 heteroatoms. The monoisotopic (exact) mass is 381 g/mol. The molecule has 0 atom stereocenters. The average Bonchev–Trinajstić information content (AvgIpc) is 3.30. The zero-order valence-corrected chi connectivity index (χ0v) is 15.4. The Morgan fingerprint density at radius 3 is 2.86 bits per heavy atom. The highest BCUT2D eigenvalue weighted by molar-refractivity contribution is 5.79. The van der Waals surface area contributed by atoms with Crippen LogP contribution in [0, 0.1) is 5.82 Å². The van der Waals surface area contributed by atoms with E-state index in [1.54, 1.807) is 30.8 Å². The lowest BCUT2D eigenvalue weighted by Crippen LogP contribution is -2.08. The molecule has 0 spiro atoms. The van der Waals surface area contributed by atoms with Crippen LogP contribution in [0.25, 0.3) is 28.5 Å². The number of halogens is 1. The van der Waals surface area contributed by atoms with Gasteiger partial charge in [-0.25, -0.2) is 14.4 Å². The van der Waals surface area contributed by atoms with Gasteiger partial charge in [0.05, 0.1) is 5.69 Å². The van der Waals surface area contributed by atoms with E-state index in [4.69, 9.17) is 9.15 Å². The predicted octanol–water partition coefficient (Wildman–Crippen LogP) is 4.03. The molecule has 144 valence electrons. The highest BCUT2D eigenvalue weighted by Crippen LogP contribution is 2.32. The van der Waals surface area contributed by atoms with Crippen molar-refractivity contribution in [1.82, 2.24) is 19.4 Å². The van der Waals surface area contributed by atoms with Crippen LogP contribution in [0.5, 0.6) is 0 Å². The number of hydrogen-bond acceptors (Lipinski definition) is 6. The Hall–Kier alpha value is -3.26. The zero-order valence-electron chi connectivity index (χ0n) is 15.4. The summed E-state index contributed by atoms with van der Waals surface area (Å²) in [6.45, 7) is 4.08. The summed E-state index contributed by atoms with van der Waals surface area (Å²) in [5.74, 6) is 0.672. The molecule has 4 aromatic rings. The Labute approximate surface area is 161 Å². The topological polar surface area (TPSA) is 77.5 Å². The van der Waals surface area contributed by atoms with Gasteiger partial charge in [-0.3, -0.25) is 4.40 Å². The van der Waals surface area contributed by atoms with Crippen molar-refractivity contribution in [2.24, 2.45) is 0 Å². The van der Waals surface area contributed by atoms with Crippen LogP contribution in [0.1, 0.15) is 13.3 Å². The highest BCUT2D eigenvalue weighted by Gasteiger charge is 2.19. The van der Waals surface area contributed by atoms with Gasteiger partial charge in [0, 0.05) is 37.7 Å². The van der Waals surface area contributed by atoms with Crippen LogP contribution < -0.4 is 5.32 Å². The molecule has 0 fully saturated rings. The molecule has 0 aliphatic rings. The van der Waals surface area contributed by atoms with Crippen molar-refractivity contribution in [3.05, 3.63) is 54.8 Å². The van der Waals surface area contributed by atoms with Crippen LogP contribution in [0.15, 0.2) is 53.4 Å². The molecule has 0 bridgehead atoms. The number of anilines is 1. The first-order valence-electron chi connectivity index (χ1n) is 9.13. The third kappa shape index (κ3) is 3.72. The third-order valence-corrected chi connectivity index (χ3v) is 4.23. The molecule has 28 heavy (non-hydrogen) atoms. The maximum Gasteiger partial charge on any atom is 0.306 e. The SMILES string of the molecule is CCOCCCNc1nccc(-c2c(-c3ccc(F)cc3)nc3occn23)n1. The summed E-state index contributed by atoms with van der Waals surface area (Å²) in [5.41, 5.74) is 2.89. The lowest BCUT2D eigenvalue weighted by Gasteiger charge is -2.08. The number of nitrogens with zero attached hydrogens (tertiary/aromatic N) is 4. The van der Waals surface area contributed by atoms with E-state index in [1.807, 2.05) is 17.4 Å². The largest absolute Gasteiger partial charge is 0.432 e. The van der Waals surface area contributed by atoms with Crippen molar-refractivity contribution in [2.75, 3.05) is 25.1 Å². The molecular formula is C20H20FN5O2. The molecule has 0 aliphatic heterocycles. The van der Waals surface area contributed by atoms with Gasteiger partial charge in [-0.05, 0) is 43.7 Å². The van der Waals surface area contributed by atoms with Crippen LogP contribution in [0.2, 0.25) is 0 Å². The molecule has 1 N–H and O–H groups in total. The number of hydrogen-bond donors (Lipinski definition) is 1. The van der Waals surface area contributed by atoms with Crippen molar-refractivity contribution in [1.29, 1.82) is 0 Å². The first-order valence-corrected chi connectivity index (χ1v) is 9.13. The minimum atomic E-state index is -0.297. The van der Waals surface area contributed by atoms with Gasteiger partial charge < -0.3 is 14.5 Å². The van der Waals surface area contributed by atoms with Crippen molar-refractivity contribution < 1.29 is 13.5 Å². The van der Waals surface area contributed by atoms with Crippen molar-refractivity contribution in [3.63, 3.8) is 0 Å². The van der Waals surface area contributed by atoms with Gasteiger partial charge in [-0.15, -0.1) is 0 Å². The van der Waals surface area contributed by atoms with E-state index < -0.39 is 0 Å². The van der Waals surface area contributed by atoms with Gasteiger partial charge in [0.25, 0.3) is 0 Å². The summed E-state index contributed by atoms with van der Waals surface area (Å²) in [6.07, 6.45) is 5.90. The first-order chi connectivity index (χ1) is 13.8. The van der Waals surface area contributed by atoms with E-state index in [0.717, 1.165) is 17.7 Å². The lowest BCUT2D eigenvalue weighted by molar-refractivity contribution is 0.147. The molecular weight excluding hydrogens is 361 g/mol. The quantitative estimate of drug-likeness (QED) is 0.464. The van der Waals surface area contributed by atoms with Gasteiger partial charge in [0.2, 0.25) is 5.95 Å². The van der Waals surface area contributed by atoms with Crippen LogP contribution in [-0.2, 0) is 4.74 Å².